The lowest BCUT2D eigenvalue weighted by Gasteiger charge is -2.32. The van der Waals surface area contributed by atoms with Crippen molar-refractivity contribution in [2.24, 2.45) is 5.92 Å². The average molecular weight is 362 g/mol. The van der Waals surface area contributed by atoms with E-state index >= 15 is 0 Å². The highest BCUT2D eigenvalue weighted by atomic mass is 35.5. The molecule has 1 unspecified atom stereocenters. The quantitative estimate of drug-likeness (QED) is 0.769. The molecule has 0 aromatic carbocycles. The lowest BCUT2D eigenvalue weighted by atomic mass is 9.99. The number of hydrogen-bond acceptors (Lipinski definition) is 3. The Bertz CT molecular complexity index is 613. The second-order valence-electron chi connectivity index (χ2n) is 5.05. The number of thiophene rings is 1. The molecule has 0 amide bonds. The van der Waals surface area contributed by atoms with Gasteiger partial charge in [0.1, 0.15) is 4.21 Å². The molecule has 21 heavy (non-hydrogen) atoms. The van der Waals surface area contributed by atoms with Gasteiger partial charge in [-0.25, -0.2) is 8.42 Å². The van der Waals surface area contributed by atoms with Crippen molar-refractivity contribution >= 4 is 33.0 Å². The van der Waals surface area contributed by atoms with Crippen molar-refractivity contribution in [1.82, 2.24) is 4.31 Å². The summed E-state index contributed by atoms with van der Waals surface area (Å²) in [7, 11) is -3.87. The van der Waals surface area contributed by atoms with Crippen LogP contribution in [0.15, 0.2) is 10.3 Å². The summed E-state index contributed by atoms with van der Waals surface area (Å²) in [6, 6.07) is 1.48. The zero-order chi connectivity index (χ0) is 15.8. The largest absolute Gasteiger partial charge is 0.393 e. The first-order chi connectivity index (χ1) is 9.66. The average Bonchev–Trinajstić information content (AvgIpc) is 2.80. The molecule has 1 saturated heterocycles. The Morgan fingerprint density at radius 3 is 2.67 bits per heavy atom. The number of rotatable bonds is 3. The third-order valence-corrected chi connectivity index (χ3v) is 7.54. The predicted molar refractivity (Wildman–Crippen MR) is 76.2 cm³/mol. The van der Waals surface area contributed by atoms with Crippen LogP contribution >= 0.6 is 22.9 Å². The summed E-state index contributed by atoms with van der Waals surface area (Å²) in [6.07, 6.45) is -4.16. The summed E-state index contributed by atoms with van der Waals surface area (Å²) in [4.78, 5) is 0.722. The first-order valence-corrected chi connectivity index (χ1v) is 9.17. The maximum absolute atomic E-state index is 12.8. The highest BCUT2D eigenvalue weighted by Gasteiger charge is 2.44. The first-order valence-electron chi connectivity index (χ1n) is 6.38. The van der Waals surface area contributed by atoms with E-state index in [0.717, 1.165) is 26.1 Å². The molecule has 1 aromatic heterocycles. The van der Waals surface area contributed by atoms with E-state index in [1.54, 1.807) is 6.92 Å². The zero-order valence-electron chi connectivity index (χ0n) is 11.3. The molecular formula is C12H15ClF3NO2S2. The van der Waals surface area contributed by atoms with Crippen molar-refractivity contribution in [2.45, 2.75) is 36.0 Å². The lowest BCUT2D eigenvalue weighted by molar-refractivity contribution is -0.182. The summed E-state index contributed by atoms with van der Waals surface area (Å²) >= 11 is 6.74. The minimum absolute atomic E-state index is 0.0219. The van der Waals surface area contributed by atoms with E-state index in [-0.39, 0.29) is 29.5 Å². The minimum atomic E-state index is -4.36. The molecule has 0 bridgehead atoms. The van der Waals surface area contributed by atoms with Gasteiger partial charge in [0.05, 0.1) is 11.8 Å². The van der Waals surface area contributed by atoms with Crippen molar-refractivity contribution in [3.05, 3.63) is 16.5 Å². The summed E-state index contributed by atoms with van der Waals surface area (Å²) < 4.78 is 64.3. The van der Waals surface area contributed by atoms with Gasteiger partial charge in [0.15, 0.2) is 0 Å². The molecule has 120 valence electrons. The van der Waals surface area contributed by atoms with Gasteiger partial charge in [-0.15, -0.1) is 22.9 Å². The van der Waals surface area contributed by atoms with Crippen LogP contribution in [0.3, 0.4) is 0 Å². The lowest BCUT2D eigenvalue weighted by Crippen LogP contribution is -2.44. The number of alkyl halides is 4. The number of piperidine rings is 1. The zero-order valence-corrected chi connectivity index (χ0v) is 13.7. The van der Waals surface area contributed by atoms with Crippen LogP contribution in [0.5, 0.6) is 0 Å². The van der Waals surface area contributed by atoms with Crippen LogP contribution in [0.2, 0.25) is 0 Å². The maximum Gasteiger partial charge on any atom is 0.393 e. The van der Waals surface area contributed by atoms with Crippen molar-refractivity contribution in [3.8, 4) is 0 Å². The fourth-order valence-corrected chi connectivity index (χ4v) is 5.80. The molecule has 0 spiro atoms. The van der Waals surface area contributed by atoms with E-state index in [9.17, 15) is 21.6 Å². The van der Waals surface area contributed by atoms with Crippen molar-refractivity contribution in [2.75, 3.05) is 13.1 Å². The highest BCUT2D eigenvalue weighted by molar-refractivity contribution is 7.91. The molecule has 0 saturated carbocycles. The Hall–Kier alpha value is -0.310. The van der Waals surface area contributed by atoms with Gasteiger partial charge in [-0.3, -0.25) is 0 Å². The first kappa shape index (κ1) is 17.1. The third kappa shape index (κ3) is 3.55. The van der Waals surface area contributed by atoms with Crippen molar-refractivity contribution < 1.29 is 21.6 Å². The van der Waals surface area contributed by atoms with Gasteiger partial charge in [-0.05, 0) is 31.4 Å². The van der Waals surface area contributed by atoms with Gasteiger partial charge in [0.25, 0.3) is 10.0 Å². The smallest absolute Gasteiger partial charge is 0.206 e. The monoisotopic (exact) mass is 361 g/mol. The Morgan fingerprint density at radius 1 is 1.48 bits per heavy atom. The van der Waals surface area contributed by atoms with Gasteiger partial charge >= 0.3 is 6.18 Å². The second-order valence-corrected chi connectivity index (χ2v) is 8.62. The normalized spacial score (nSPS) is 21.7. The molecule has 2 rings (SSSR count). The Balaban J connectivity index is 2.26. The Labute approximate surface area is 130 Å². The van der Waals surface area contributed by atoms with Crippen molar-refractivity contribution in [3.63, 3.8) is 0 Å². The molecule has 1 aromatic rings. The molecule has 1 fully saturated rings. The van der Waals surface area contributed by atoms with Gasteiger partial charge < -0.3 is 0 Å². The number of halogens is 4. The Kier molecular flexibility index (Phi) is 4.92. The van der Waals surface area contributed by atoms with Gasteiger partial charge in [-0.2, -0.15) is 17.5 Å². The molecule has 9 heteroatoms. The fourth-order valence-electron chi connectivity index (χ4n) is 2.30. The molecule has 1 aliphatic heterocycles. The number of aryl methyl sites for hydroxylation is 1. The van der Waals surface area contributed by atoms with Gasteiger partial charge in [-0.1, -0.05) is 0 Å². The summed E-state index contributed by atoms with van der Waals surface area (Å²) in [5.41, 5.74) is 0.748. The van der Waals surface area contributed by atoms with Gasteiger partial charge in [0, 0.05) is 18.0 Å². The highest BCUT2D eigenvalue weighted by Crippen LogP contribution is 2.36. The number of hydrogen-bond donors (Lipinski definition) is 0. The van der Waals surface area contributed by atoms with E-state index < -0.39 is 28.7 Å². The molecule has 1 aliphatic rings. The molecule has 0 radical (unpaired) electrons. The standard InChI is InChI=1S/C12H15ClF3NO2S2/c1-8-5-11(20-10(8)6-13)21(18,19)17-4-2-3-9(7-17)12(14,15)16/h5,9H,2-4,6-7H2,1H3. The van der Waals surface area contributed by atoms with E-state index in [4.69, 9.17) is 11.6 Å². The topological polar surface area (TPSA) is 37.4 Å². The van der Waals surface area contributed by atoms with Crippen LogP contribution in [-0.4, -0.2) is 32.0 Å². The van der Waals surface area contributed by atoms with Crippen LogP contribution in [0.1, 0.15) is 23.3 Å². The maximum atomic E-state index is 12.8. The molecule has 3 nitrogen and oxygen atoms in total. The van der Waals surface area contributed by atoms with E-state index in [1.807, 2.05) is 0 Å². The number of sulfonamides is 1. The van der Waals surface area contributed by atoms with Crippen LogP contribution in [0.4, 0.5) is 13.2 Å². The predicted octanol–water partition coefficient (Wildman–Crippen LogP) is 3.76. The fraction of sp³-hybridized carbons (Fsp3) is 0.667. The molecular weight excluding hydrogens is 347 g/mol. The Morgan fingerprint density at radius 2 is 2.14 bits per heavy atom. The van der Waals surface area contributed by atoms with Crippen LogP contribution in [0.25, 0.3) is 0 Å². The second kappa shape index (κ2) is 6.06. The van der Waals surface area contributed by atoms with Crippen LogP contribution < -0.4 is 0 Å². The SMILES string of the molecule is Cc1cc(S(=O)(=O)N2CCCC(C(F)(F)F)C2)sc1CCl. The van der Waals surface area contributed by atoms with E-state index in [0.29, 0.717) is 0 Å². The van der Waals surface area contributed by atoms with Crippen LogP contribution in [0, 0.1) is 12.8 Å². The van der Waals surface area contributed by atoms with E-state index in [1.165, 1.54) is 6.07 Å². The van der Waals surface area contributed by atoms with Crippen molar-refractivity contribution in [1.29, 1.82) is 0 Å². The number of nitrogens with zero attached hydrogens (tertiary/aromatic N) is 1. The molecule has 0 N–H and O–H groups in total. The van der Waals surface area contributed by atoms with Crippen LogP contribution in [-0.2, 0) is 15.9 Å². The third-order valence-electron chi connectivity index (χ3n) is 3.56. The minimum Gasteiger partial charge on any atom is -0.206 e. The summed E-state index contributed by atoms with van der Waals surface area (Å²) in [5.74, 6) is -1.40. The van der Waals surface area contributed by atoms with E-state index in [2.05, 4.69) is 0 Å². The molecule has 2 heterocycles. The molecule has 0 aliphatic carbocycles. The molecule has 1 atom stereocenters. The summed E-state index contributed by atoms with van der Waals surface area (Å²) in [5, 5.41) is 0. The summed E-state index contributed by atoms with van der Waals surface area (Å²) in [6.45, 7) is 1.36. The van der Waals surface area contributed by atoms with Gasteiger partial charge in [0.2, 0.25) is 0 Å².